The summed E-state index contributed by atoms with van der Waals surface area (Å²) in [6.45, 7) is 1.63. The highest BCUT2D eigenvalue weighted by molar-refractivity contribution is 7.92. The third-order valence-electron chi connectivity index (χ3n) is 4.35. The zero-order valence-corrected chi connectivity index (χ0v) is 14.1. The van der Waals surface area contributed by atoms with Gasteiger partial charge in [-0.25, -0.2) is 13.4 Å². The third-order valence-corrected chi connectivity index (χ3v) is 5.64. The monoisotopic (exact) mass is 335 g/mol. The van der Waals surface area contributed by atoms with Crippen LogP contribution in [-0.2, 0) is 16.4 Å². The van der Waals surface area contributed by atoms with Gasteiger partial charge in [-0.2, -0.15) is 0 Å². The van der Waals surface area contributed by atoms with Gasteiger partial charge in [-0.1, -0.05) is 0 Å². The molecule has 1 unspecified atom stereocenters. The molecular formula is C16H21N3O3S. The average molecular weight is 335 g/mol. The summed E-state index contributed by atoms with van der Waals surface area (Å²) in [5.74, 6) is 0.985. The summed E-state index contributed by atoms with van der Waals surface area (Å²) in [4.78, 5) is 7.29. The Kier molecular flexibility index (Phi) is 4.30. The lowest BCUT2D eigenvalue weighted by molar-refractivity contribution is 0.402. The van der Waals surface area contributed by atoms with Crippen molar-refractivity contribution in [1.29, 1.82) is 0 Å². The lowest BCUT2D eigenvalue weighted by atomic mass is 9.80. The van der Waals surface area contributed by atoms with Crippen LogP contribution in [0.1, 0.15) is 42.5 Å². The molecule has 124 valence electrons. The van der Waals surface area contributed by atoms with E-state index >= 15 is 0 Å². The first kappa shape index (κ1) is 15.9. The van der Waals surface area contributed by atoms with Crippen LogP contribution in [0, 0.1) is 0 Å². The molecule has 0 amide bonds. The van der Waals surface area contributed by atoms with E-state index in [9.17, 15) is 8.42 Å². The Bertz CT molecular complexity index is 785. The van der Waals surface area contributed by atoms with E-state index in [1.165, 1.54) is 0 Å². The molecule has 1 aliphatic rings. The van der Waals surface area contributed by atoms with Gasteiger partial charge >= 0.3 is 0 Å². The first-order chi connectivity index (χ1) is 11.1. The third kappa shape index (κ3) is 3.06. The van der Waals surface area contributed by atoms with Gasteiger partial charge < -0.3 is 9.72 Å². The maximum Gasteiger partial charge on any atom is 0.232 e. The first-order valence-electron chi connectivity index (χ1n) is 7.74. The highest BCUT2D eigenvalue weighted by Crippen LogP contribution is 2.44. The fourth-order valence-corrected chi connectivity index (χ4v) is 3.87. The second-order valence-corrected chi connectivity index (χ2v) is 7.68. The second-order valence-electron chi connectivity index (χ2n) is 5.66. The zero-order chi connectivity index (χ0) is 16.4. The van der Waals surface area contributed by atoms with E-state index in [1.807, 2.05) is 12.3 Å². The molecule has 0 saturated carbocycles. The number of aromatic nitrogens is 2. The smallest absolute Gasteiger partial charge is 0.232 e. The van der Waals surface area contributed by atoms with Crippen molar-refractivity contribution < 1.29 is 13.2 Å². The number of rotatable bonds is 5. The van der Waals surface area contributed by atoms with Crippen LogP contribution in [0.2, 0.25) is 0 Å². The van der Waals surface area contributed by atoms with E-state index in [0.29, 0.717) is 5.69 Å². The van der Waals surface area contributed by atoms with Crippen LogP contribution < -0.4 is 9.46 Å². The quantitative estimate of drug-likeness (QED) is 0.880. The summed E-state index contributed by atoms with van der Waals surface area (Å²) in [5, 5.41) is 0. The zero-order valence-electron chi connectivity index (χ0n) is 13.3. The molecule has 2 aromatic rings. The Morgan fingerprint density at radius 1 is 1.43 bits per heavy atom. The summed E-state index contributed by atoms with van der Waals surface area (Å²) in [5.41, 5.74) is 3.76. The molecule has 1 aromatic carbocycles. The first-order valence-corrected chi connectivity index (χ1v) is 9.39. The predicted molar refractivity (Wildman–Crippen MR) is 89.4 cm³/mol. The molecule has 1 atom stereocenters. The van der Waals surface area contributed by atoms with Crippen molar-refractivity contribution in [2.75, 3.05) is 17.6 Å². The molecule has 3 rings (SSSR count). The van der Waals surface area contributed by atoms with E-state index in [1.54, 1.807) is 26.4 Å². The number of fused-ring (bicyclic) bond motifs is 1. The van der Waals surface area contributed by atoms with Crippen LogP contribution in [0.25, 0.3) is 0 Å². The van der Waals surface area contributed by atoms with E-state index in [0.717, 1.165) is 41.8 Å². The fraction of sp³-hybridized carbons (Fsp3) is 0.438. The Hall–Kier alpha value is -2.02. The van der Waals surface area contributed by atoms with Gasteiger partial charge in [-0.05, 0) is 43.9 Å². The van der Waals surface area contributed by atoms with Gasteiger partial charge in [-0.3, -0.25) is 4.72 Å². The number of anilines is 1. The number of methoxy groups -OCH3 is 1. The summed E-state index contributed by atoms with van der Waals surface area (Å²) < 4.78 is 32.2. The van der Waals surface area contributed by atoms with Crippen LogP contribution in [0.15, 0.2) is 24.7 Å². The fourth-order valence-electron chi connectivity index (χ4n) is 3.20. The molecule has 0 saturated heterocycles. The Morgan fingerprint density at radius 3 is 2.91 bits per heavy atom. The maximum absolute atomic E-state index is 12.0. The van der Waals surface area contributed by atoms with Crippen LogP contribution in [0.4, 0.5) is 5.69 Å². The van der Waals surface area contributed by atoms with E-state index in [2.05, 4.69) is 14.7 Å². The molecule has 0 bridgehead atoms. The predicted octanol–water partition coefficient (Wildman–Crippen LogP) is 2.65. The molecule has 0 aliphatic heterocycles. The molecule has 6 nitrogen and oxygen atoms in total. The average Bonchev–Trinajstić information content (AvgIpc) is 3.09. The van der Waals surface area contributed by atoms with Crippen molar-refractivity contribution in [2.24, 2.45) is 0 Å². The Balaban J connectivity index is 2.12. The van der Waals surface area contributed by atoms with Gasteiger partial charge in [0, 0.05) is 23.4 Å². The van der Waals surface area contributed by atoms with Gasteiger partial charge in [0.05, 0.1) is 24.9 Å². The molecule has 23 heavy (non-hydrogen) atoms. The van der Waals surface area contributed by atoms with Crippen LogP contribution in [0.5, 0.6) is 5.75 Å². The standard InChI is InChI=1S/C16H21N3O3S/c1-3-23(20,21)19-13-7-8-15(22-2)16-11(13)5-4-6-12(16)14-9-17-10-18-14/h7-10,12,19H,3-6H2,1-2H3,(H,17,18). The van der Waals surface area contributed by atoms with Gasteiger partial charge in [0.2, 0.25) is 10.0 Å². The Labute approximate surface area is 136 Å². The normalized spacial score (nSPS) is 17.6. The molecular weight excluding hydrogens is 314 g/mol. The minimum atomic E-state index is -3.31. The number of nitrogens with zero attached hydrogens (tertiary/aromatic N) is 1. The summed E-state index contributed by atoms with van der Waals surface area (Å²) >= 11 is 0. The van der Waals surface area contributed by atoms with Crippen molar-refractivity contribution in [3.05, 3.63) is 41.5 Å². The molecule has 0 spiro atoms. The SMILES string of the molecule is CCS(=O)(=O)Nc1ccc(OC)c2c1CCCC2c1cnc[nH]1. The highest BCUT2D eigenvalue weighted by Gasteiger charge is 2.29. The largest absolute Gasteiger partial charge is 0.496 e. The van der Waals surface area contributed by atoms with Gasteiger partial charge in [-0.15, -0.1) is 0 Å². The molecule has 0 radical (unpaired) electrons. The number of benzene rings is 1. The van der Waals surface area contributed by atoms with Crippen molar-refractivity contribution in [2.45, 2.75) is 32.1 Å². The molecule has 2 N–H and O–H groups in total. The number of imidazole rings is 1. The van der Waals surface area contributed by atoms with Crippen LogP contribution >= 0.6 is 0 Å². The molecule has 1 heterocycles. The number of sulfonamides is 1. The van der Waals surface area contributed by atoms with Gasteiger partial charge in [0.15, 0.2) is 0 Å². The minimum Gasteiger partial charge on any atom is -0.496 e. The number of nitrogens with one attached hydrogen (secondary N) is 2. The maximum atomic E-state index is 12.0. The van der Waals surface area contributed by atoms with Crippen LogP contribution in [-0.4, -0.2) is 31.2 Å². The molecule has 1 aromatic heterocycles. The van der Waals surface area contributed by atoms with Crippen molar-refractivity contribution in [3.8, 4) is 5.75 Å². The summed E-state index contributed by atoms with van der Waals surface area (Å²) in [7, 11) is -1.66. The van der Waals surface area contributed by atoms with Crippen molar-refractivity contribution >= 4 is 15.7 Å². The number of ether oxygens (including phenoxy) is 1. The molecule has 0 fully saturated rings. The molecule has 1 aliphatic carbocycles. The second kappa shape index (κ2) is 6.23. The van der Waals surface area contributed by atoms with E-state index in [-0.39, 0.29) is 11.7 Å². The minimum absolute atomic E-state index is 0.0534. The van der Waals surface area contributed by atoms with Crippen molar-refractivity contribution in [3.63, 3.8) is 0 Å². The summed E-state index contributed by atoms with van der Waals surface area (Å²) in [6.07, 6.45) is 6.29. The number of hydrogen-bond acceptors (Lipinski definition) is 4. The lowest BCUT2D eigenvalue weighted by Crippen LogP contribution is -2.19. The summed E-state index contributed by atoms with van der Waals surface area (Å²) in [6, 6.07) is 3.63. The number of H-pyrrole nitrogens is 1. The molecule has 7 heteroatoms. The topological polar surface area (TPSA) is 84.1 Å². The van der Waals surface area contributed by atoms with E-state index < -0.39 is 10.0 Å². The lowest BCUT2D eigenvalue weighted by Gasteiger charge is -2.28. The number of aromatic amines is 1. The van der Waals surface area contributed by atoms with Crippen LogP contribution in [0.3, 0.4) is 0 Å². The van der Waals surface area contributed by atoms with Crippen molar-refractivity contribution in [1.82, 2.24) is 9.97 Å². The highest BCUT2D eigenvalue weighted by atomic mass is 32.2. The van der Waals surface area contributed by atoms with E-state index in [4.69, 9.17) is 4.74 Å². The Morgan fingerprint density at radius 2 is 2.26 bits per heavy atom. The van der Waals surface area contributed by atoms with Gasteiger partial charge in [0.25, 0.3) is 0 Å². The number of hydrogen-bond donors (Lipinski definition) is 2. The van der Waals surface area contributed by atoms with Gasteiger partial charge in [0.1, 0.15) is 5.75 Å².